The van der Waals surface area contributed by atoms with E-state index in [9.17, 15) is 8.78 Å². The minimum Gasteiger partial charge on any atom is -0.309 e. The molecule has 0 heterocycles. The quantitative estimate of drug-likeness (QED) is 0.837. The smallest absolute Gasteiger partial charge is 0.127 e. The van der Waals surface area contributed by atoms with E-state index in [0.717, 1.165) is 18.9 Å². The zero-order chi connectivity index (χ0) is 14.4. The van der Waals surface area contributed by atoms with Crippen molar-refractivity contribution in [2.24, 2.45) is 0 Å². The van der Waals surface area contributed by atoms with Crippen LogP contribution >= 0.6 is 0 Å². The van der Waals surface area contributed by atoms with E-state index in [0.29, 0.717) is 12.1 Å². The third kappa shape index (κ3) is 4.14. The van der Waals surface area contributed by atoms with E-state index in [4.69, 9.17) is 0 Å². The SMILES string of the molecule is CCC(Cc1ccccc1)NCc1cc(F)ccc1F. The van der Waals surface area contributed by atoms with Gasteiger partial charge in [-0.2, -0.15) is 0 Å². The maximum atomic E-state index is 13.5. The molecule has 0 bridgehead atoms. The van der Waals surface area contributed by atoms with Crippen LogP contribution in [-0.4, -0.2) is 6.04 Å². The summed E-state index contributed by atoms with van der Waals surface area (Å²) in [7, 11) is 0. The summed E-state index contributed by atoms with van der Waals surface area (Å²) in [4.78, 5) is 0. The summed E-state index contributed by atoms with van der Waals surface area (Å²) in [5.41, 5.74) is 1.61. The van der Waals surface area contributed by atoms with Crippen molar-refractivity contribution in [1.29, 1.82) is 0 Å². The molecule has 2 aromatic rings. The summed E-state index contributed by atoms with van der Waals surface area (Å²) in [5.74, 6) is -0.771. The third-order valence-electron chi connectivity index (χ3n) is 3.41. The maximum absolute atomic E-state index is 13.5. The summed E-state index contributed by atoms with van der Waals surface area (Å²) in [6, 6.07) is 14.0. The molecule has 0 radical (unpaired) electrons. The monoisotopic (exact) mass is 275 g/mol. The molecule has 0 aliphatic carbocycles. The third-order valence-corrected chi connectivity index (χ3v) is 3.41. The molecule has 1 N–H and O–H groups in total. The van der Waals surface area contributed by atoms with Crippen LogP contribution in [0, 0.1) is 11.6 Å². The molecular formula is C17H19F2N. The van der Waals surface area contributed by atoms with Crippen LogP contribution in [0.2, 0.25) is 0 Å². The van der Waals surface area contributed by atoms with Crippen molar-refractivity contribution in [2.75, 3.05) is 0 Å². The van der Waals surface area contributed by atoms with Gasteiger partial charge in [-0.3, -0.25) is 0 Å². The molecule has 2 rings (SSSR count). The molecule has 1 atom stereocenters. The molecule has 0 saturated heterocycles. The lowest BCUT2D eigenvalue weighted by Gasteiger charge is -2.17. The van der Waals surface area contributed by atoms with Gasteiger partial charge in [-0.05, 0) is 36.6 Å². The second-order valence-electron chi connectivity index (χ2n) is 4.91. The Bertz CT molecular complexity index is 540. The molecule has 3 heteroatoms. The predicted molar refractivity (Wildman–Crippen MR) is 77.4 cm³/mol. The Kier molecular flexibility index (Phi) is 5.24. The van der Waals surface area contributed by atoms with Gasteiger partial charge in [-0.1, -0.05) is 37.3 Å². The Morgan fingerprint density at radius 3 is 2.50 bits per heavy atom. The van der Waals surface area contributed by atoms with E-state index in [1.807, 2.05) is 18.2 Å². The zero-order valence-corrected chi connectivity index (χ0v) is 11.6. The zero-order valence-electron chi connectivity index (χ0n) is 11.6. The molecular weight excluding hydrogens is 256 g/mol. The first-order valence-electron chi connectivity index (χ1n) is 6.90. The molecule has 0 fully saturated rings. The van der Waals surface area contributed by atoms with Crippen LogP contribution in [-0.2, 0) is 13.0 Å². The van der Waals surface area contributed by atoms with Crippen molar-refractivity contribution in [3.05, 3.63) is 71.3 Å². The van der Waals surface area contributed by atoms with Gasteiger partial charge in [-0.15, -0.1) is 0 Å². The molecule has 0 aliphatic rings. The molecule has 0 saturated carbocycles. The Morgan fingerprint density at radius 2 is 1.80 bits per heavy atom. The molecule has 0 spiro atoms. The summed E-state index contributed by atoms with van der Waals surface area (Å²) in [6.45, 7) is 2.43. The van der Waals surface area contributed by atoms with Gasteiger partial charge in [0.25, 0.3) is 0 Å². The summed E-state index contributed by atoms with van der Waals surface area (Å²) >= 11 is 0. The van der Waals surface area contributed by atoms with Crippen LogP contribution < -0.4 is 5.32 Å². The van der Waals surface area contributed by atoms with Crippen molar-refractivity contribution in [3.8, 4) is 0 Å². The van der Waals surface area contributed by atoms with Gasteiger partial charge in [0.05, 0.1) is 0 Å². The van der Waals surface area contributed by atoms with E-state index in [-0.39, 0.29) is 11.9 Å². The average molecular weight is 275 g/mol. The van der Waals surface area contributed by atoms with Gasteiger partial charge >= 0.3 is 0 Å². The van der Waals surface area contributed by atoms with Crippen LogP contribution in [0.3, 0.4) is 0 Å². The molecule has 2 aromatic carbocycles. The lowest BCUT2D eigenvalue weighted by molar-refractivity contribution is 0.481. The molecule has 20 heavy (non-hydrogen) atoms. The van der Waals surface area contributed by atoms with Gasteiger partial charge in [0, 0.05) is 18.2 Å². The van der Waals surface area contributed by atoms with Crippen molar-refractivity contribution < 1.29 is 8.78 Å². The number of benzene rings is 2. The minimum absolute atomic E-state index is 0.250. The lowest BCUT2D eigenvalue weighted by Crippen LogP contribution is -2.30. The molecule has 0 aliphatic heterocycles. The molecule has 0 aromatic heterocycles. The van der Waals surface area contributed by atoms with Gasteiger partial charge in [-0.25, -0.2) is 8.78 Å². The number of hydrogen-bond acceptors (Lipinski definition) is 1. The highest BCUT2D eigenvalue weighted by molar-refractivity contribution is 5.19. The topological polar surface area (TPSA) is 12.0 Å². The van der Waals surface area contributed by atoms with Crippen LogP contribution in [0.5, 0.6) is 0 Å². The van der Waals surface area contributed by atoms with E-state index in [2.05, 4.69) is 24.4 Å². The first-order valence-corrected chi connectivity index (χ1v) is 6.90. The maximum Gasteiger partial charge on any atom is 0.127 e. The fourth-order valence-electron chi connectivity index (χ4n) is 2.19. The minimum atomic E-state index is -0.403. The van der Waals surface area contributed by atoms with Gasteiger partial charge in [0.2, 0.25) is 0 Å². The van der Waals surface area contributed by atoms with Gasteiger partial charge in [0.1, 0.15) is 11.6 Å². The number of nitrogens with one attached hydrogen (secondary N) is 1. The Hall–Kier alpha value is -1.74. The van der Waals surface area contributed by atoms with E-state index >= 15 is 0 Å². The van der Waals surface area contributed by atoms with E-state index in [1.54, 1.807) is 0 Å². The first kappa shape index (κ1) is 14.7. The fourth-order valence-corrected chi connectivity index (χ4v) is 2.19. The average Bonchev–Trinajstić information content (AvgIpc) is 2.47. The predicted octanol–water partition coefficient (Wildman–Crippen LogP) is 4.08. The fraction of sp³-hybridized carbons (Fsp3) is 0.294. The van der Waals surface area contributed by atoms with Gasteiger partial charge in [0.15, 0.2) is 0 Å². The number of hydrogen-bond donors (Lipinski definition) is 1. The van der Waals surface area contributed by atoms with Crippen LogP contribution in [0.4, 0.5) is 8.78 Å². The Labute approximate surface area is 118 Å². The highest BCUT2D eigenvalue weighted by Gasteiger charge is 2.09. The lowest BCUT2D eigenvalue weighted by atomic mass is 10.0. The van der Waals surface area contributed by atoms with Crippen LogP contribution in [0.1, 0.15) is 24.5 Å². The Balaban J connectivity index is 1.95. The number of rotatable bonds is 6. The molecule has 106 valence electrons. The van der Waals surface area contributed by atoms with E-state index < -0.39 is 5.82 Å². The van der Waals surface area contributed by atoms with Crippen molar-refractivity contribution in [2.45, 2.75) is 32.4 Å². The van der Waals surface area contributed by atoms with Crippen LogP contribution in [0.15, 0.2) is 48.5 Å². The van der Waals surface area contributed by atoms with Crippen LogP contribution in [0.25, 0.3) is 0 Å². The normalized spacial score (nSPS) is 12.3. The second kappa shape index (κ2) is 7.15. The van der Waals surface area contributed by atoms with E-state index in [1.165, 1.54) is 17.7 Å². The number of halogens is 2. The molecule has 1 nitrogen and oxygen atoms in total. The summed E-state index contributed by atoms with van der Waals surface area (Å²) in [5, 5.41) is 3.30. The largest absolute Gasteiger partial charge is 0.309 e. The Morgan fingerprint density at radius 1 is 1.05 bits per heavy atom. The van der Waals surface area contributed by atoms with Gasteiger partial charge < -0.3 is 5.32 Å². The molecule has 1 unspecified atom stereocenters. The summed E-state index contributed by atoms with van der Waals surface area (Å²) < 4.78 is 26.7. The summed E-state index contributed by atoms with van der Waals surface area (Å²) in [6.07, 6.45) is 1.82. The van der Waals surface area contributed by atoms with Crippen molar-refractivity contribution in [1.82, 2.24) is 5.32 Å². The second-order valence-corrected chi connectivity index (χ2v) is 4.91. The molecule has 0 amide bonds. The standard InChI is InChI=1S/C17H19F2N/c1-2-16(10-13-6-4-3-5-7-13)20-12-14-11-15(18)8-9-17(14)19/h3-9,11,16,20H,2,10,12H2,1H3. The van der Waals surface area contributed by atoms with Crippen molar-refractivity contribution in [3.63, 3.8) is 0 Å². The highest BCUT2D eigenvalue weighted by Crippen LogP contribution is 2.11. The first-order chi connectivity index (χ1) is 9.69. The highest BCUT2D eigenvalue weighted by atomic mass is 19.1. The van der Waals surface area contributed by atoms with Crippen molar-refractivity contribution >= 4 is 0 Å².